The summed E-state index contributed by atoms with van der Waals surface area (Å²) in [5.74, 6) is -0.493. The van der Waals surface area contributed by atoms with E-state index in [2.05, 4.69) is 45.1 Å². The van der Waals surface area contributed by atoms with E-state index in [9.17, 15) is 9.18 Å². The minimum absolute atomic E-state index is 0.295. The Morgan fingerprint density at radius 2 is 1.77 bits per heavy atom. The minimum atomic E-state index is -0.493. The molecule has 2 aliphatic rings. The maximum Gasteiger partial charge on any atom is 0.256 e. The number of hydrogen-bond acceptors (Lipinski definition) is 4. The Hall–Kier alpha value is -3.12. The Kier molecular flexibility index (Phi) is 4.79. The van der Waals surface area contributed by atoms with Gasteiger partial charge in [0.1, 0.15) is 5.82 Å². The number of rotatable bonds is 3. The van der Waals surface area contributed by atoms with Crippen molar-refractivity contribution in [1.82, 2.24) is 9.88 Å². The van der Waals surface area contributed by atoms with Gasteiger partial charge in [-0.1, -0.05) is 24.3 Å². The van der Waals surface area contributed by atoms with E-state index in [-0.39, 0.29) is 5.56 Å². The standard InChI is InChI=1S/C24H25FN4O/c25-17-13-21-20(22(26)14-17)15-23(27-24(21)30)16-6-7-19(12-16)29-10-8-28(9-11-29)18-4-2-1-3-5-18/h1-5,12-15,19H,6-11,26H2,(H,27,30). The van der Waals surface area contributed by atoms with E-state index >= 15 is 0 Å². The number of para-hydroxylation sites is 1. The molecule has 1 unspecified atom stereocenters. The molecule has 1 aromatic heterocycles. The molecule has 1 atom stereocenters. The predicted octanol–water partition coefficient (Wildman–Crippen LogP) is 3.62. The molecule has 3 N–H and O–H groups in total. The summed E-state index contributed by atoms with van der Waals surface area (Å²) >= 11 is 0. The number of nitrogens with two attached hydrogens (primary N) is 1. The van der Waals surface area contributed by atoms with Gasteiger partial charge in [0, 0.05) is 54.7 Å². The lowest BCUT2D eigenvalue weighted by Gasteiger charge is -2.38. The molecule has 1 fully saturated rings. The van der Waals surface area contributed by atoms with Crippen molar-refractivity contribution in [2.75, 3.05) is 36.8 Å². The summed E-state index contributed by atoms with van der Waals surface area (Å²) in [5.41, 5.74) is 9.17. The zero-order valence-electron chi connectivity index (χ0n) is 16.8. The van der Waals surface area contributed by atoms with Crippen molar-refractivity contribution in [2.24, 2.45) is 0 Å². The molecule has 0 amide bonds. The summed E-state index contributed by atoms with van der Waals surface area (Å²) in [6.07, 6.45) is 4.22. The molecule has 0 saturated carbocycles. The van der Waals surface area contributed by atoms with Crippen LogP contribution in [0.4, 0.5) is 15.8 Å². The number of benzene rings is 2. The minimum Gasteiger partial charge on any atom is -0.398 e. The number of nitrogen functional groups attached to an aromatic ring is 1. The summed E-state index contributed by atoms with van der Waals surface area (Å²) in [5, 5.41) is 0.902. The second-order valence-corrected chi connectivity index (χ2v) is 8.12. The molecule has 2 heterocycles. The van der Waals surface area contributed by atoms with Crippen molar-refractivity contribution in [1.29, 1.82) is 0 Å². The van der Waals surface area contributed by atoms with Gasteiger partial charge < -0.3 is 15.6 Å². The average molecular weight is 404 g/mol. The van der Waals surface area contributed by atoms with Gasteiger partial charge >= 0.3 is 0 Å². The van der Waals surface area contributed by atoms with Crippen LogP contribution in [0.1, 0.15) is 18.5 Å². The number of piperazine rings is 1. The molecular weight excluding hydrogens is 379 g/mol. The molecule has 0 bridgehead atoms. The smallest absolute Gasteiger partial charge is 0.256 e. The van der Waals surface area contributed by atoms with E-state index in [1.54, 1.807) is 0 Å². The molecule has 5 nitrogen and oxygen atoms in total. The van der Waals surface area contributed by atoms with Crippen LogP contribution < -0.4 is 16.2 Å². The van der Waals surface area contributed by atoms with Crippen molar-refractivity contribution >= 4 is 27.7 Å². The highest BCUT2D eigenvalue weighted by molar-refractivity contribution is 5.94. The number of hydrogen-bond donors (Lipinski definition) is 2. The van der Waals surface area contributed by atoms with Crippen LogP contribution in [-0.2, 0) is 0 Å². The number of nitrogens with zero attached hydrogens (tertiary/aromatic N) is 2. The Morgan fingerprint density at radius 1 is 1.00 bits per heavy atom. The highest BCUT2D eigenvalue weighted by Gasteiger charge is 2.27. The van der Waals surface area contributed by atoms with Crippen LogP contribution in [0.2, 0.25) is 0 Å². The van der Waals surface area contributed by atoms with Crippen LogP contribution in [0.5, 0.6) is 0 Å². The third kappa shape index (κ3) is 3.48. The van der Waals surface area contributed by atoms with Gasteiger partial charge in [-0.05, 0) is 48.7 Å². The number of halogens is 1. The third-order valence-corrected chi connectivity index (χ3v) is 6.31. The van der Waals surface area contributed by atoms with Gasteiger partial charge in [-0.2, -0.15) is 0 Å². The van der Waals surface area contributed by atoms with Crippen molar-refractivity contribution in [3.63, 3.8) is 0 Å². The summed E-state index contributed by atoms with van der Waals surface area (Å²) in [7, 11) is 0. The number of nitrogens with one attached hydrogen (secondary N) is 1. The first-order valence-corrected chi connectivity index (χ1v) is 10.5. The number of fused-ring (bicyclic) bond motifs is 1. The second kappa shape index (κ2) is 7.61. The lowest BCUT2D eigenvalue weighted by molar-refractivity contribution is 0.214. The molecule has 1 aliphatic carbocycles. The lowest BCUT2D eigenvalue weighted by Crippen LogP contribution is -2.49. The molecule has 1 aliphatic heterocycles. The maximum atomic E-state index is 13.6. The summed E-state index contributed by atoms with van der Waals surface area (Å²) in [6.45, 7) is 4.06. The van der Waals surface area contributed by atoms with Gasteiger partial charge in [0.25, 0.3) is 5.56 Å². The third-order valence-electron chi connectivity index (χ3n) is 6.31. The molecule has 6 heteroatoms. The van der Waals surface area contributed by atoms with E-state index in [0.717, 1.165) is 50.3 Å². The van der Waals surface area contributed by atoms with Crippen molar-refractivity contribution in [3.8, 4) is 0 Å². The largest absolute Gasteiger partial charge is 0.398 e. The number of pyridine rings is 1. The molecule has 154 valence electrons. The summed E-state index contributed by atoms with van der Waals surface area (Å²) < 4.78 is 13.6. The first-order chi connectivity index (χ1) is 14.6. The SMILES string of the molecule is Nc1cc(F)cc2c(=O)[nH]c(C3=CC(N4CCN(c5ccccc5)CC4)CC3)cc12. The Morgan fingerprint density at radius 3 is 2.53 bits per heavy atom. The van der Waals surface area contributed by atoms with Gasteiger partial charge in [0.15, 0.2) is 0 Å². The molecule has 30 heavy (non-hydrogen) atoms. The topological polar surface area (TPSA) is 65.4 Å². The van der Waals surface area contributed by atoms with E-state index in [1.165, 1.54) is 17.8 Å². The van der Waals surface area contributed by atoms with Crippen LogP contribution >= 0.6 is 0 Å². The fraction of sp³-hybridized carbons (Fsp3) is 0.292. The number of allylic oxidation sites excluding steroid dienone is 1. The van der Waals surface area contributed by atoms with Crippen molar-refractivity contribution in [2.45, 2.75) is 18.9 Å². The quantitative estimate of drug-likeness (QED) is 0.655. The van der Waals surface area contributed by atoms with Crippen LogP contribution in [0.15, 0.2) is 59.4 Å². The summed E-state index contributed by atoms with van der Waals surface area (Å²) in [6, 6.07) is 15.3. The van der Waals surface area contributed by atoms with Crippen LogP contribution in [0, 0.1) is 5.82 Å². The molecule has 1 saturated heterocycles. The van der Waals surface area contributed by atoms with E-state index in [0.29, 0.717) is 22.5 Å². The molecule has 0 spiro atoms. The molecule has 3 aromatic rings. The normalized spacial score (nSPS) is 20.0. The number of aromatic amines is 1. The van der Waals surface area contributed by atoms with Crippen LogP contribution in [0.3, 0.4) is 0 Å². The van der Waals surface area contributed by atoms with Gasteiger partial charge in [-0.15, -0.1) is 0 Å². The highest BCUT2D eigenvalue weighted by atomic mass is 19.1. The molecule has 5 rings (SSSR count). The zero-order valence-corrected chi connectivity index (χ0v) is 16.8. The first-order valence-electron chi connectivity index (χ1n) is 10.5. The van der Waals surface area contributed by atoms with Crippen molar-refractivity contribution in [3.05, 3.63) is 76.5 Å². The van der Waals surface area contributed by atoms with Gasteiger partial charge in [-0.3, -0.25) is 9.69 Å². The Bertz CT molecular complexity index is 1160. The van der Waals surface area contributed by atoms with Crippen molar-refractivity contribution < 1.29 is 4.39 Å². The number of aromatic nitrogens is 1. The first kappa shape index (κ1) is 18.9. The monoisotopic (exact) mass is 404 g/mol. The summed E-state index contributed by atoms with van der Waals surface area (Å²) in [4.78, 5) is 20.4. The highest BCUT2D eigenvalue weighted by Crippen LogP contribution is 2.32. The van der Waals surface area contributed by atoms with Crippen LogP contribution in [-0.4, -0.2) is 42.1 Å². The zero-order chi connectivity index (χ0) is 20.7. The number of anilines is 2. The molecule has 2 aromatic carbocycles. The maximum absolute atomic E-state index is 13.6. The van der Waals surface area contributed by atoms with E-state index in [1.807, 2.05) is 12.1 Å². The Balaban J connectivity index is 1.34. The number of H-pyrrole nitrogens is 1. The van der Waals surface area contributed by atoms with Crippen LogP contribution in [0.25, 0.3) is 16.3 Å². The predicted molar refractivity (Wildman–Crippen MR) is 120 cm³/mol. The molecular formula is C24H25FN4O. The average Bonchev–Trinajstić information content (AvgIpc) is 3.25. The van der Waals surface area contributed by atoms with Gasteiger partial charge in [0.2, 0.25) is 0 Å². The van der Waals surface area contributed by atoms with E-state index < -0.39 is 5.82 Å². The fourth-order valence-corrected chi connectivity index (χ4v) is 4.70. The molecule has 0 radical (unpaired) electrons. The second-order valence-electron chi connectivity index (χ2n) is 8.12. The Labute approximate surface area is 174 Å². The van der Waals surface area contributed by atoms with Gasteiger partial charge in [0.05, 0.1) is 5.39 Å². The lowest BCUT2D eigenvalue weighted by atomic mass is 10.1. The van der Waals surface area contributed by atoms with E-state index in [4.69, 9.17) is 5.73 Å². The fourth-order valence-electron chi connectivity index (χ4n) is 4.70. The van der Waals surface area contributed by atoms with Gasteiger partial charge in [-0.25, -0.2) is 4.39 Å².